The maximum atomic E-state index is 12.7. The Kier molecular flexibility index (Phi) is 3.40. The normalized spacial score (nSPS) is 10.9. The minimum absolute atomic E-state index is 0.00666. The summed E-state index contributed by atoms with van der Waals surface area (Å²) in [6.07, 6.45) is 1.43. The van der Waals surface area contributed by atoms with Gasteiger partial charge < -0.3 is 18.4 Å². The quantitative estimate of drug-likeness (QED) is 0.667. The van der Waals surface area contributed by atoms with E-state index in [0.29, 0.717) is 11.0 Å². The van der Waals surface area contributed by atoms with Crippen molar-refractivity contribution in [2.75, 3.05) is 14.2 Å². The van der Waals surface area contributed by atoms with Gasteiger partial charge in [0.1, 0.15) is 11.1 Å². The van der Waals surface area contributed by atoms with E-state index in [1.54, 1.807) is 25.2 Å². The second-order valence-electron chi connectivity index (χ2n) is 4.97. The van der Waals surface area contributed by atoms with Crippen LogP contribution in [0.4, 0.5) is 0 Å². The molecule has 23 heavy (non-hydrogen) atoms. The maximum absolute atomic E-state index is 12.7. The summed E-state index contributed by atoms with van der Waals surface area (Å²) in [6, 6.07) is 7.19. The Morgan fingerprint density at radius 2 is 1.61 bits per heavy atom. The SMILES string of the molecule is COC(=O)c1cn2c(c1C(=O)OC)c(=O)n(C)c1ccccc12. The molecular formula is C16H14N2O5. The number of hydrogen-bond donors (Lipinski definition) is 0. The molecule has 0 aliphatic heterocycles. The second-order valence-corrected chi connectivity index (χ2v) is 4.97. The number of benzene rings is 1. The van der Waals surface area contributed by atoms with Crippen LogP contribution in [0.1, 0.15) is 20.7 Å². The third-order valence-electron chi connectivity index (χ3n) is 3.81. The number of aromatic nitrogens is 2. The van der Waals surface area contributed by atoms with Crippen molar-refractivity contribution in [1.29, 1.82) is 0 Å². The monoisotopic (exact) mass is 314 g/mol. The minimum Gasteiger partial charge on any atom is -0.465 e. The lowest BCUT2D eigenvalue weighted by molar-refractivity contribution is 0.0558. The largest absolute Gasteiger partial charge is 0.465 e. The van der Waals surface area contributed by atoms with Crippen molar-refractivity contribution in [2.24, 2.45) is 7.05 Å². The molecule has 1 aromatic carbocycles. The van der Waals surface area contributed by atoms with E-state index in [-0.39, 0.29) is 16.6 Å². The van der Waals surface area contributed by atoms with Gasteiger partial charge in [0.25, 0.3) is 5.56 Å². The van der Waals surface area contributed by atoms with Crippen LogP contribution in [0.5, 0.6) is 0 Å². The van der Waals surface area contributed by atoms with Crippen molar-refractivity contribution < 1.29 is 19.1 Å². The molecule has 2 aromatic heterocycles. The molecule has 3 aromatic rings. The predicted molar refractivity (Wildman–Crippen MR) is 82.8 cm³/mol. The number of esters is 2. The van der Waals surface area contributed by atoms with Gasteiger partial charge in [-0.3, -0.25) is 4.79 Å². The van der Waals surface area contributed by atoms with Gasteiger partial charge in [0, 0.05) is 13.2 Å². The van der Waals surface area contributed by atoms with Gasteiger partial charge in [0.15, 0.2) is 0 Å². The summed E-state index contributed by atoms with van der Waals surface area (Å²) in [5, 5.41) is 0. The minimum atomic E-state index is -0.764. The van der Waals surface area contributed by atoms with E-state index in [2.05, 4.69) is 0 Å². The van der Waals surface area contributed by atoms with Gasteiger partial charge in [-0.15, -0.1) is 0 Å². The summed E-state index contributed by atoms with van der Waals surface area (Å²) in [5.74, 6) is -1.47. The molecule has 0 bridgehead atoms. The van der Waals surface area contributed by atoms with E-state index >= 15 is 0 Å². The van der Waals surface area contributed by atoms with Crippen LogP contribution < -0.4 is 5.56 Å². The number of fused-ring (bicyclic) bond motifs is 3. The first-order valence-electron chi connectivity index (χ1n) is 6.80. The molecule has 0 aliphatic rings. The van der Waals surface area contributed by atoms with Crippen LogP contribution in [0.3, 0.4) is 0 Å². The Bertz CT molecular complexity index is 1010. The van der Waals surface area contributed by atoms with E-state index in [1.807, 2.05) is 6.07 Å². The molecule has 0 amide bonds. The van der Waals surface area contributed by atoms with E-state index in [9.17, 15) is 14.4 Å². The van der Waals surface area contributed by atoms with Gasteiger partial charge in [0.05, 0.1) is 30.8 Å². The van der Waals surface area contributed by atoms with Crippen molar-refractivity contribution >= 4 is 28.5 Å². The van der Waals surface area contributed by atoms with Crippen LogP contribution in [0.2, 0.25) is 0 Å². The molecule has 7 heteroatoms. The highest BCUT2D eigenvalue weighted by atomic mass is 16.5. The summed E-state index contributed by atoms with van der Waals surface area (Å²) in [7, 11) is 4.01. The smallest absolute Gasteiger partial charge is 0.341 e. The number of rotatable bonds is 2. The average Bonchev–Trinajstić information content (AvgIpc) is 2.99. The lowest BCUT2D eigenvalue weighted by Crippen LogP contribution is -2.22. The standard InChI is InChI=1S/C16H14N2O5/c1-17-10-6-4-5-7-11(10)18-8-9(15(20)22-2)12(16(21)23-3)13(18)14(17)19/h4-8H,1-3H3. The topological polar surface area (TPSA) is 79.0 Å². The van der Waals surface area contributed by atoms with E-state index in [0.717, 1.165) is 0 Å². The molecule has 0 unspecified atom stereocenters. The van der Waals surface area contributed by atoms with Gasteiger partial charge >= 0.3 is 11.9 Å². The molecule has 0 fully saturated rings. The summed E-state index contributed by atoms with van der Waals surface area (Å²) in [6.45, 7) is 0. The zero-order valence-corrected chi connectivity index (χ0v) is 12.8. The molecule has 7 nitrogen and oxygen atoms in total. The van der Waals surface area contributed by atoms with E-state index < -0.39 is 17.5 Å². The zero-order chi connectivity index (χ0) is 16.7. The number of carbonyl (C=O) groups excluding carboxylic acids is 2. The summed E-state index contributed by atoms with van der Waals surface area (Å²) < 4.78 is 12.4. The fourth-order valence-electron chi connectivity index (χ4n) is 2.70. The van der Waals surface area contributed by atoms with Gasteiger partial charge in [-0.2, -0.15) is 0 Å². The van der Waals surface area contributed by atoms with Gasteiger partial charge in [-0.25, -0.2) is 9.59 Å². The third-order valence-corrected chi connectivity index (χ3v) is 3.81. The van der Waals surface area contributed by atoms with Crippen molar-refractivity contribution in [3.8, 4) is 0 Å². The molecule has 0 saturated heterocycles. The number of para-hydroxylation sites is 2. The Morgan fingerprint density at radius 1 is 1.00 bits per heavy atom. The van der Waals surface area contributed by atoms with E-state index in [4.69, 9.17) is 9.47 Å². The van der Waals surface area contributed by atoms with Gasteiger partial charge in [-0.1, -0.05) is 12.1 Å². The first kappa shape index (κ1) is 14.8. The number of carbonyl (C=O) groups is 2. The number of aryl methyl sites for hydroxylation is 1. The average molecular weight is 314 g/mol. The molecule has 0 radical (unpaired) electrons. The van der Waals surface area contributed by atoms with Crippen LogP contribution in [0.25, 0.3) is 16.6 Å². The Balaban J connectivity index is 2.60. The van der Waals surface area contributed by atoms with E-state index in [1.165, 1.54) is 29.4 Å². The Morgan fingerprint density at radius 3 is 2.22 bits per heavy atom. The summed E-state index contributed by atoms with van der Waals surface area (Å²) in [4.78, 5) is 36.8. The van der Waals surface area contributed by atoms with Crippen molar-refractivity contribution in [3.05, 3.63) is 51.9 Å². The van der Waals surface area contributed by atoms with Crippen LogP contribution in [-0.4, -0.2) is 35.1 Å². The predicted octanol–water partition coefficient (Wildman–Crippen LogP) is 1.36. The molecule has 3 rings (SSSR count). The number of methoxy groups -OCH3 is 2. The van der Waals surface area contributed by atoms with Gasteiger partial charge in [0.2, 0.25) is 0 Å². The lowest BCUT2D eigenvalue weighted by atomic mass is 10.1. The van der Waals surface area contributed by atoms with Crippen molar-refractivity contribution in [1.82, 2.24) is 8.97 Å². The molecule has 2 heterocycles. The first-order chi connectivity index (χ1) is 11.0. The first-order valence-corrected chi connectivity index (χ1v) is 6.80. The highest BCUT2D eigenvalue weighted by Crippen LogP contribution is 2.22. The number of hydrogen-bond acceptors (Lipinski definition) is 5. The Hall–Kier alpha value is -3.09. The van der Waals surface area contributed by atoms with Crippen molar-refractivity contribution in [3.63, 3.8) is 0 Å². The molecule has 0 atom stereocenters. The van der Waals surface area contributed by atoms with Crippen LogP contribution >= 0.6 is 0 Å². The molecule has 0 spiro atoms. The lowest BCUT2D eigenvalue weighted by Gasteiger charge is -2.08. The fraction of sp³-hybridized carbons (Fsp3) is 0.188. The number of nitrogens with zero attached hydrogens (tertiary/aromatic N) is 2. The number of ether oxygens (including phenoxy) is 2. The summed E-state index contributed by atoms with van der Waals surface area (Å²) >= 11 is 0. The van der Waals surface area contributed by atoms with Crippen LogP contribution in [-0.2, 0) is 16.5 Å². The Labute approximate surface area is 130 Å². The molecule has 0 saturated carbocycles. The third kappa shape index (κ3) is 2.01. The summed E-state index contributed by atoms with van der Waals surface area (Å²) in [5.41, 5.74) is 0.939. The fourth-order valence-corrected chi connectivity index (χ4v) is 2.70. The zero-order valence-electron chi connectivity index (χ0n) is 12.8. The molecule has 0 N–H and O–H groups in total. The molecular weight excluding hydrogens is 300 g/mol. The second kappa shape index (κ2) is 5.28. The van der Waals surface area contributed by atoms with Crippen LogP contribution in [0.15, 0.2) is 35.3 Å². The maximum Gasteiger partial charge on any atom is 0.341 e. The molecule has 118 valence electrons. The van der Waals surface area contributed by atoms with Gasteiger partial charge in [-0.05, 0) is 12.1 Å². The highest BCUT2D eigenvalue weighted by Gasteiger charge is 2.27. The van der Waals surface area contributed by atoms with Crippen molar-refractivity contribution in [2.45, 2.75) is 0 Å². The van der Waals surface area contributed by atoms with Crippen LogP contribution in [0, 0.1) is 0 Å². The molecule has 0 aliphatic carbocycles. The highest BCUT2D eigenvalue weighted by molar-refractivity contribution is 6.09.